The summed E-state index contributed by atoms with van der Waals surface area (Å²) in [4.78, 5) is 0.708. The highest BCUT2D eigenvalue weighted by Crippen LogP contribution is 2.36. The summed E-state index contributed by atoms with van der Waals surface area (Å²) in [6, 6.07) is 3.62. The molecule has 2 rings (SSSR count). The molecule has 0 saturated carbocycles. The normalized spacial score (nSPS) is 20.1. The van der Waals surface area contributed by atoms with Crippen LogP contribution in [0, 0.1) is 0 Å². The number of aliphatic hydroxyl groups is 1. The summed E-state index contributed by atoms with van der Waals surface area (Å²) in [5.41, 5.74) is 1.70. The van der Waals surface area contributed by atoms with Gasteiger partial charge >= 0.3 is 0 Å². The molecule has 1 aromatic carbocycles. The number of aliphatic hydroxyl groups excluding tert-OH is 1. The maximum absolute atomic E-state index is 9.41. The van der Waals surface area contributed by atoms with Crippen molar-refractivity contribution in [1.82, 2.24) is 0 Å². The summed E-state index contributed by atoms with van der Waals surface area (Å²) in [5, 5.41) is 9.41. The molecule has 1 atom stereocenters. The van der Waals surface area contributed by atoms with Gasteiger partial charge in [0.25, 0.3) is 0 Å². The molecule has 1 heterocycles. The van der Waals surface area contributed by atoms with E-state index in [1.807, 2.05) is 6.07 Å². The van der Waals surface area contributed by atoms with Crippen LogP contribution in [-0.4, -0.2) is 12.2 Å². The van der Waals surface area contributed by atoms with Crippen LogP contribution in [-0.2, 0) is 11.3 Å². The van der Waals surface area contributed by atoms with Crippen LogP contribution in [0.5, 0.6) is 5.75 Å². The highest BCUT2D eigenvalue weighted by atomic mass is 32.1. The molecule has 1 unspecified atom stereocenters. The Kier molecular flexibility index (Phi) is 2.19. The molecule has 0 radical (unpaired) electrons. The van der Waals surface area contributed by atoms with E-state index in [1.165, 1.54) is 0 Å². The zero-order valence-corrected chi connectivity index (χ0v) is 8.04. The van der Waals surface area contributed by atoms with Gasteiger partial charge in [-0.05, 0) is 17.7 Å². The first kappa shape index (κ1) is 8.87. The summed E-state index contributed by atoms with van der Waals surface area (Å²) in [6.07, 6.45) is -0.839. The third-order valence-electron chi connectivity index (χ3n) is 2.10. The van der Waals surface area contributed by atoms with Crippen LogP contribution < -0.4 is 4.74 Å². The van der Waals surface area contributed by atoms with Crippen LogP contribution >= 0.6 is 12.6 Å². The number of thiol groups is 1. The minimum atomic E-state index is -0.839. The van der Waals surface area contributed by atoms with Crippen molar-refractivity contribution < 1.29 is 14.6 Å². The second-order valence-electron chi connectivity index (χ2n) is 2.88. The Hall–Kier alpha value is -0.710. The largest absolute Gasteiger partial charge is 0.497 e. The number of hydrogen-bond acceptors (Lipinski definition) is 4. The van der Waals surface area contributed by atoms with Crippen LogP contribution in [0.2, 0.25) is 0 Å². The van der Waals surface area contributed by atoms with Crippen molar-refractivity contribution in [2.75, 3.05) is 7.11 Å². The van der Waals surface area contributed by atoms with Crippen LogP contribution in [0.4, 0.5) is 0 Å². The Morgan fingerprint density at radius 2 is 2.38 bits per heavy atom. The van der Waals surface area contributed by atoms with Gasteiger partial charge in [-0.15, -0.1) is 12.6 Å². The molecule has 0 saturated heterocycles. The lowest BCUT2D eigenvalue weighted by Gasteiger charge is -2.07. The van der Waals surface area contributed by atoms with Gasteiger partial charge in [-0.1, -0.05) is 0 Å². The van der Waals surface area contributed by atoms with Gasteiger partial charge in [0, 0.05) is 10.5 Å². The van der Waals surface area contributed by atoms with Crippen molar-refractivity contribution in [2.24, 2.45) is 0 Å². The Morgan fingerprint density at radius 3 is 3.08 bits per heavy atom. The molecule has 0 fully saturated rings. The highest BCUT2D eigenvalue weighted by molar-refractivity contribution is 7.80. The van der Waals surface area contributed by atoms with Gasteiger partial charge in [-0.2, -0.15) is 0 Å². The van der Waals surface area contributed by atoms with E-state index >= 15 is 0 Å². The van der Waals surface area contributed by atoms with Gasteiger partial charge in [0.2, 0.25) is 0 Å². The summed E-state index contributed by atoms with van der Waals surface area (Å²) in [5.74, 6) is 0.737. The fraction of sp³-hybridized carbons (Fsp3) is 0.333. The third-order valence-corrected chi connectivity index (χ3v) is 2.47. The van der Waals surface area contributed by atoms with E-state index in [0.717, 1.165) is 16.9 Å². The number of methoxy groups -OCH3 is 1. The van der Waals surface area contributed by atoms with Crippen molar-refractivity contribution in [3.63, 3.8) is 0 Å². The first-order valence-electron chi connectivity index (χ1n) is 3.92. The third kappa shape index (κ3) is 1.41. The molecule has 4 heteroatoms. The van der Waals surface area contributed by atoms with E-state index in [0.29, 0.717) is 11.5 Å². The first-order chi connectivity index (χ1) is 6.22. The smallest absolute Gasteiger partial charge is 0.183 e. The second kappa shape index (κ2) is 3.21. The van der Waals surface area contributed by atoms with E-state index in [4.69, 9.17) is 9.47 Å². The van der Waals surface area contributed by atoms with Gasteiger partial charge in [-0.3, -0.25) is 0 Å². The lowest BCUT2D eigenvalue weighted by atomic mass is 10.1. The van der Waals surface area contributed by atoms with Crippen LogP contribution in [0.15, 0.2) is 17.0 Å². The van der Waals surface area contributed by atoms with Gasteiger partial charge in [0.05, 0.1) is 13.7 Å². The lowest BCUT2D eigenvalue weighted by molar-refractivity contribution is -0.0930. The molecule has 0 spiro atoms. The van der Waals surface area contributed by atoms with Crippen molar-refractivity contribution >= 4 is 12.6 Å². The summed E-state index contributed by atoms with van der Waals surface area (Å²) >= 11 is 4.25. The second-order valence-corrected chi connectivity index (χ2v) is 3.36. The summed E-state index contributed by atoms with van der Waals surface area (Å²) < 4.78 is 10.1. The Bertz CT molecular complexity index is 338. The average Bonchev–Trinajstić information content (AvgIpc) is 2.48. The maximum atomic E-state index is 9.41. The van der Waals surface area contributed by atoms with E-state index < -0.39 is 6.29 Å². The Labute approximate surface area is 81.7 Å². The Balaban J connectivity index is 2.53. The monoisotopic (exact) mass is 198 g/mol. The van der Waals surface area contributed by atoms with Gasteiger partial charge in [-0.25, -0.2) is 0 Å². The predicted molar refractivity (Wildman–Crippen MR) is 50.0 cm³/mol. The van der Waals surface area contributed by atoms with E-state index in [2.05, 4.69) is 12.6 Å². The first-order valence-corrected chi connectivity index (χ1v) is 4.36. The fourth-order valence-electron chi connectivity index (χ4n) is 1.44. The predicted octanol–water partition coefficient (Wildman–Crippen LogP) is 1.50. The van der Waals surface area contributed by atoms with Crippen molar-refractivity contribution in [1.29, 1.82) is 0 Å². The van der Waals surface area contributed by atoms with E-state index in [-0.39, 0.29) is 0 Å². The number of fused-ring (bicyclic) bond motifs is 1. The number of benzene rings is 1. The molecule has 1 aliphatic rings. The molecular formula is C9H10O3S. The van der Waals surface area contributed by atoms with Crippen molar-refractivity contribution in [2.45, 2.75) is 17.8 Å². The quantitative estimate of drug-likeness (QED) is 0.672. The molecule has 3 nitrogen and oxygen atoms in total. The molecule has 13 heavy (non-hydrogen) atoms. The summed E-state index contributed by atoms with van der Waals surface area (Å²) in [6.45, 7) is 0.418. The molecule has 1 aromatic rings. The number of hydrogen-bond donors (Lipinski definition) is 2. The van der Waals surface area contributed by atoms with Gasteiger partial charge in [0.1, 0.15) is 5.75 Å². The number of ether oxygens (including phenoxy) is 2. The molecule has 0 bridgehead atoms. The zero-order chi connectivity index (χ0) is 9.42. The van der Waals surface area contributed by atoms with Gasteiger partial charge < -0.3 is 14.6 Å². The van der Waals surface area contributed by atoms with Crippen LogP contribution in [0.25, 0.3) is 0 Å². The average molecular weight is 198 g/mol. The molecule has 1 N–H and O–H groups in total. The van der Waals surface area contributed by atoms with Gasteiger partial charge in [0.15, 0.2) is 6.29 Å². The molecule has 0 aliphatic carbocycles. The summed E-state index contributed by atoms with van der Waals surface area (Å²) in [7, 11) is 1.60. The van der Waals surface area contributed by atoms with E-state index in [1.54, 1.807) is 13.2 Å². The maximum Gasteiger partial charge on any atom is 0.183 e. The SMILES string of the molecule is COc1cc(S)c2c(c1)COC2O. The molecule has 1 aliphatic heterocycles. The number of rotatable bonds is 1. The lowest BCUT2D eigenvalue weighted by Crippen LogP contribution is -1.94. The minimum Gasteiger partial charge on any atom is -0.497 e. The topological polar surface area (TPSA) is 38.7 Å². The highest BCUT2D eigenvalue weighted by Gasteiger charge is 2.24. The molecule has 70 valence electrons. The van der Waals surface area contributed by atoms with Crippen molar-refractivity contribution in [3.8, 4) is 5.75 Å². The fourth-order valence-corrected chi connectivity index (χ4v) is 1.82. The Morgan fingerprint density at radius 1 is 1.62 bits per heavy atom. The zero-order valence-electron chi connectivity index (χ0n) is 7.15. The molecular weight excluding hydrogens is 188 g/mol. The van der Waals surface area contributed by atoms with E-state index in [9.17, 15) is 5.11 Å². The molecule has 0 aromatic heterocycles. The minimum absolute atomic E-state index is 0.418. The van der Waals surface area contributed by atoms with Crippen LogP contribution in [0.3, 0.4) is 0 Å². The van der Waals surface area contributed by atoms with Crippen LogP contribution in [0.1, 0.15) is 17.4 Å². The standard InChI is InChI=1S/C9H10O3S/c1-11-6-2-5-4-12-9(10)8(5)7(13)3-6/h2-3,9-10,13H,4H2,1H3. The molecule has 0 amide bonds. The van der Waals surface area contributed by atoms with Crippen molar-refractivity contribution in [3.05, 3.63) is 23.3 Å².